The number of nitrogens with zero attached hydrogens (tertiary/aromatic N) is 2. The number of hydrogen-bond acceptors (Lipinski definition) is 6. The van der Waals surface area contributed by atoms with E-state index in [0.717, 1.165) is 17.4 Å². The Morgan fingerprint density at radius 2 is 1.95 bits per heavy atom. The SMILES string of the molecule is O=[N+]([O-])c1ccc(Cl)nc1NS(=O)(=O)c1ccc(Cl)s1. The van der Waals surface area contributed by atoms with Crippen molar-refractivity contribution >= 4 is 56.1 Å². The molecule has 1 N–H and O–H groups in total. The third kappa shape index (κ3) is 3.18. The Bertz CT molecular complexity index is 775. The predicted octanol–water partition coefficient (Wildman–Crippen LogP) is 3.16. The molecule has 0 aliphatic heterocycles. The zero-order valence-electron chi connectivity index (χ0n) is 9.41. The fourth-order valence-electron chi connectivity index (χ4n) is 1.27. The first-order valence-electron chi connectivity index (χ1n) is 4.89. The van der Waals surface area contributed by atoms with E-state index in [9.17, 15) is 18.5 Å². The fourth-order valence-corrected chi connectivity index (χ4v) is 3.92. The fraction of sp³-hybridized carbons (Fsp3) is 0. The second-order valence-electron chi connectivity index (χ2n) is 3.42. The van der Waals surface area contributed by atoms with Gasteiger partial charge in [-0.15, -0.1) is 11.3 Å². The average Bonchev–Trinajstić information content (AvgIpc) is 2.75. The third-order valence-electron chi connectivity index (χ3n) is 2.08. The molecule has 0 aliphatic rings. The summed E-state index contributed by atoms with van der Waals surface area (Å²) in [5, 5.41) is 10.8. The molecule has 11 heteroatoms. The van der Waals surface area contributed by atoms with Crippen molar-refractivity contribution in [2.45, 2.75) is 4.21 Å². The summed E-state index contributed by atoms with van der Waals surface area (Å²) in [5.74, 6) is -0.452. The van der Waals surface area contributed by atoms with Gasteiger partial charge in [-0.2, -0.15) is 0 Å². The van der Waals surface area contributed by atoms with Gasteiger partial charge in [0.15, 0.2) is 0 Å². The van der Waals surface area contributed by atoms with Crippen molar-refractivity contribution in [3.05, 3.63) is 43.9 Å². The van der Waals surface area contributed by atoms with Gasteiger partial charge in [-0.25, -0.2) is 13.4 Å². The number of nitro groups is 1. The summed E-state index contributed by atoms with van der Waals surface area (Å²) in [7, 11) is -4.01. The molecule has 2 heterocycles. The molecule has 7 nitrogen and oxygen atoms in total. The van der Waals surface area contributed by atoms with Crippen molar-refractivity contribution in [1.29, 1.82) is 0 Å². The Balaban J connectivity index is 2.44. The molecule has 20 heavy (non-hydrogen) atoms. The largest absolute Gasteiger partial charge is 0.312 e. The highest BCUT2D eigenvalue weighted by Gasteiger charge is 2.23. The molecular formula is C9H5Cl2N3O4S2. The van der Waals surface area contributed by atoms with Crippen LogP contribution in [0.2, 0.25) is 9.49 Å². The Morgan fingerprint density at radius 1 is 1.25 bits per heavy atom. The maximum absolute atomic E-state index is 12.0. The number of aromatic nitrogens is 1. The van der Waals surface area contributed by atoms with Crippen LogP contribution in [0.4, 0.5) is 11.5 Å². The Kier molecular flexibility index (Phi) is 4.14. The molecule has 0 aromatic carbocycles. The molecule has 2 aromatic heterocycles. The number of sulfonamides is 1. The number of hydrogen-bond donors (Lipinski definition) is 1. The summed E-state index contributed by atoms with van der Waals surface area (Å²) < 4.78 is 26.3. The summed E-state index contributed by atoms with van der Waals surface area (Å²) >= 11 is 12.1. The van der Waals surface area contributed by atoms with Crippen LogP contribution in [0, 0.1) is 10.1 Å². The van der Waals surface area contributed by atoms with Crippen LogP contribution >= 0.6 is 34.5 Å². The van der Waals surface area contributed by atoms with Crippen LogP contribution in [-0.4, -0.2) is 18.3 Å². The summed E-state index contributed by atoms with van der Waals surface area (Å²) in [4.78, 5) is 13.7. The van der Waals surface area contributed by atoms with Gasteiger partial charge >= 0.3 is 5.69 Å². The van der Waals surface area contributed by atoms with Gasteiger partial charge in [0.25, 0.3) is 10.0 Å². The van der Waals surface area contributed by atoms with Crippen molar-refractivity contribution in [3.63, 3.8) is 0 Å². The smallest absolute Gasteiger partial charge is 0.258 e. The first-order chi connectivity index (χ1) is 9.29. The summed E-state index contributed by atoms with van der Waals surface area (Å²) in [6.45, 7) is 0. The van der Waals surface area contributed by atoms with Crippen molar-refractivity contribution in [3.8, 4) is 0 Å². The first kappa shape index (κ1) is 15.0. The quantitative estimate of drug-likeness (QED) is 0.516. The minimum absolute atomic E-state index is 0.0717. The van der Waals surface area contributed by atoms with E-state index in [-0.39, 0.29) is 13.7 Å². The molecule has 2 aromatic rings. The molecule has 0 bridgehead atoms. The molecular weight excluding hydrogens is 349 g/mol. The summed E-state index contributed by atoms with van der Waals surface area (Å²) in [5.41, 5.74) is -0.499. The standard InChI is InChI=1S/C9H5Cl2N3O4S2/c10-6-2-1-5(14(15)16)9(12-6)13-20(17,18)8-4-3-7(11)19-8/h1-4H,(H,12,13). The molecule has 0 fully saturated rings. The summed E-state index contributed by atoms with van der Waals surface area (Å²) in [6, 6.07) is 4.94. The molecule has 0 atom stereocenters. The molecule has 106 valence electrons. The molecule has 0 radical (unpaired) electrons. The summed E-state index contributed by atoms with van der Waals surface area (Å²) in [6.07, 6.45) is 0. The third-order valence-corrected chi connectivity index (χ3v) is 5.35. The number of rotatable bonds is 4. The van der Waals surface area contributed by atoms with E-state index in [1.165, 1.54) is 18.2 Å². The monoisotopic (exact) mass is 353 g/mol. The van der Waals surface area contributed by atoms with Crippen LogP contribution in [0.15, 0.2) is 28.5 Å². The van der Waals surface area contributed by atoms with Crippen LogP contribution in [0.3, 0.4) is 0 Å². The highest BCUT2D eigenvalue weighted by atomic mass is 35.5. The van der Waals surface area contributed by atoms with E-state index in [1.807, 2.05) is 4.72 Å². The normalized spacial score (nSPS) is 11.3. The van der Waals surface area contributed by atoms with Crippen LogP contribution in [0.1, 0.15) is 0 Å². The lowest BCUT2D eigenvalue weighted by Gasteiger charge is -2.06. The number of thiophene rings is 1. The van der Waals surface area contributed by atoms with E-state index in [1.54, 1.807) is 0 Å². The van der Waals surface area contributed by atoms with E-state index in [4.69, 9.17) is 23.2 Å². The maximum atomic E-state index is 12.0. The van der Waals surface area contributed by atoms with Crippen LogP contribution < -0.4 is 4.72 Å². The minimum Gasteiger partial charge on any atom is -0.258 e. The van der Waals surface area contributed by atoms with Gasteiger partial charge in [0.05, 0.1) is 9.26 Å². The van der Waals surface area contributed by atoms with Gasteiger partial charge in [0.1, 0.15) is 9.36 Å². The maximum Gasteiger partial charge on any atom is 0.312 e. The lowest BCUT2D eigenvalue weighted by atomic mass is 10.4. The second-order valence-corrected chi connectivity index (χ2v) is 7.43. The number of anilines is 1. The topological polar surface area (TPSA) is 102 Å². The van der Waals surface area contributed by atoms with Gasteiger partial charge < -0.3 is 0 Å². The highest BCUT2D eigenvalue weighted by molar-refractivity contribution is 7.94. The number of nitrogens with one attached hydrogen (secondary N) is 1. The molecule has 0 aliphatic carbocycles. The Labute approximate surface area is 127 Å². The van der Waals surface area contributed by atoms with E-state index in [2.05, 4.69) is 4.98 Å². The van der Waals surface area contributed by atoms with E-state index >= 15 is 0 Å². The minimum atomic E-state index is -4.01. The van der Waals surface area contributed by atoms with Gasteiger partial charge in [-0.05, 0) is 18.2 Å². The van der Waals surface area contributed by atoms with Gasteiger partial charge in [0.2, 0.25) is 5.82 Å². The van der Waals surface area contributed by atoms with Crippen molar-refractivity contribution in [1.82, 2.24) is 4.98 Å². The average molecular weight is 354 g/mol. The van der Waals surface area contributed by atoms with Gasteiger partial charge in [-0.3, -0.25) is 14.8 Å². The Morgan fingerprint density at radius 3 is 2.50 bits per heavy atom. The number of pyridine rings is 1. The predicted molar refractivity (Wildman–Crippen MR) is 76.0 cm³/mol. The van der Waals surface area contributed by atoms with Crippen molar-refractivity contribution in [2.75, 3.05) is 4.72 Å². The van der Waals surface area contributed by atoms with Gasteiger partial charge in [-0.1, -0.05) is 23.2 Å². The molecule has 0 saturated carbocycles. The van der Waals surface area contributed by atoms with Crippen molar-refractivity contribution in [2.24, 2.45) is 0 Å². The number of halogens is 2. The lowest BCUT2D eigenvalue weighted by Crippen LogP contribution is -2.14. The molecule has 0 unspecified atom stereocenters. The Hall–Kier alpha value is -1.42. The molecule has 0 spiro atoms. The zero-order chi connectivity index (χ0) is 14.9. The van der Waals surface area contributed by atoms with E-state index < -0.39 is 26.5 Å². The lowest BCUT2D eigenvalue weighted by molar-refractivity contribution is -0.384. The zero-order valence-corrected chi connectivity index (χ0v) is 12.6. The molecule has 2 rings (SSSR count). The van der Waals surface area contributed by atoms with Gasteiger partial charge in [0, 0.05) is 6.07 Å². The van der Waals surface area contributed by atoms with Crippen molar-refractivity contribution < 1.29 is 13.3 Å². The van der Waals surface area contributed by atoms with E-state index in [0.29, 0.717) is 0 Å². The van der Waals surface area contributed by atoms with Crippen LogP contribution in [0.5, 0.6) is 0 Å². The highest BCUT2D eigenvalue weighted by Crippen LogP contribution is 2.30. The second kappa shape index (κ2) is 5.52. The van der Waals surface area contributed by atoms with Crippen LogP contribution in [0.25, 0.3) is 0 Å². The first-order valence-corrected chi connectivity index (χ1v) is 7.94. The molecule has 0 saturated heterocycles. The van der Waals surface area contributed by atoms with Crippen LogP contribution in [-0.2, 0) is 10.0 Å². The molecule has 0 amide bonds.